The number of amides is 2. The van der Waals surface area contributed by atoms with Gasteiger partial charge in [0.2, 0.25) is 0 Å². The molecule has 0 aliphatic carbocycles. The maximum absolute atomic E-state index is 11.5. The van der Waals surface area contributed by atoms with Crippen molar-refractivity contribution in [2.45, 2.75) is 38.3 Å². The Hall–Kier alpha value is -1.34. The van der Waals surface area contributed by atoms with Crippen LogP contribution in [0.4, 0.5) is 4.79 Å². The van der Waals surface area contributed by atoms with Gasteiger partial charge in [0.15, 0.2) is 6.04 Å². The normalized spacial score (nSPS) is 20.4. The van der Waals surface area contributed by atoms with Crippen molar-refractivity contribution in [1.82, 2.24) is 15.8 Å². The summed E-state index contributed by atoms with van der Waals surface area (Å²) in [5.41, 5.74) is 2.57. The Labute approximate surface area is 99.8 Å². The smallest absolute Gasteiger partial charge is 0.330 e. The molecule has 7 nitrogen and oxygen atoms in total. The Bertz CT molecular complexity index is 277. The number of nitrogens with zero attached hydrogens (tertiary/aromatic N) is 1. The number of hydrogen-bond acceptors (Lipinski definition) is 4. The first-order valence-corrected chi connectivity index (χ1v) is 5.73. The molecular formula is C10H19N3O4. The van der Waals surface area contributed by atoms with Crippen molar-refractivity contribution in [3.05, 3.63) is 0 Å². The lowest BCUT2D eigenvalue weighted by molar-refractivity contribution is -0.141. The monoisotopic (exact) mass is 245 g/mol. The minimum Gasteiger partial charge on any atom is -0.480 e. The Morgan fingerprint density at radius 3 is 2.29 bits per heavy atom. The SMILES string of the molecule is C[C@@H](O)[C@H](NC(=O)NN1CCCCC1)C(=O)O. The highest BCUT2D eigenvalue weighted by atomic mass is 16.4. The third-order valence-electron chi connectivity index (χ3n) is 2.65. The van der Waals surface area contributed by atoms with Crippen LogP contribution >= 0.6 is 0 Å². The van der Waals surface area contributed by atoms with Crippen LogP contribution in [0.2, 0.25) is 0 Å². The van der Waals surface area contributed by atoms with Crippen molar-refractivity contribution in [1.29, 1.82) is 0 Å². The second-order valence-electron chi connectivity index (χ2n) is 4.19. The topological polar surface area (TPSA) is 102 Å². The van der Waals surface area contributed by atoms with E-state index in [2.05, 4.69) is 10.7 Å². The predicted octanol–water partition coefficient (Wildman–Crippen LogP) is -0.480. The predicted molar refractivity (Wildman–Crippen MR) is 60.2 cm³/mol. The van der Waals surface area contributed by atoms with Crippen molar-refractivity contribution >= 4 is 12.0 Å². The highest BCUT2D eigenvalue weighted by molar-refractivity contribution is 5.82. The van der Waals surface area contributed by atoms with Crippen LogP contribution in [0.25, 0.3) is 0 Å². The van der Waals surface area contributed by atoms with Crippen molar-refractivity contribution in [3.8, 4) is 0 Å². The van der Waals surface area contributed by atoms with E-state index < -0.39 is 24.1 Å². The molecule has 1 saturated heterocycles. The molecule has 7 heteroatoms. The highest BCUT2D eigenvalue weighted by Crippen LogP contribution is 2.05. The van der Waals surface area contributed by atoms with Crippen molar-refractivity contribution in [3.63, 3.8) is 0 Å². The summed E-state index contributed by atoms with van der Waals surface area (Å²) in [7, 11) is 0. The number of hydrogen-bond donors (Lipinski definition) is 4. The third-order valence-corrected chi connectivity index (χ3v) is 2.65. The summed E-state index contributed by atoms with van der Waals surface area (Å²) in [6.45, 7) is 2.85. The number of hydrazine groups is 1. The van der Waals surface area contributed by atoms with Gasteiger partial charge in [0.25, 0.3) is 0 Å². The molecule has 0 saturated carbocycles. The largest absolute Gasteiger partial charge is 0.480 e. The van der Waals surface area contributed by atoms with Crippen LogP contribution in [0.1, 0.15) is 26.2 Å². The minimum absolute atomic E-state index is 0.597. The number of nitrogens with one attached hydrogen (secondary N) is 2. The molecule has 0 unspecified atom stereocenters. The van der Waals surface area contributed by atoms with Gasteiger partial charge in [0, 0.05) is 13.1 Å². The molecule has 1 aliphatic rings. The summed E-state index contributed by atoms with van der Waals surface area (Å²) in [5.74, 6) is -1.26. The van der Waals surface area contributed by atoms with E-state index in [1.807, 2.05) is 0 Å². The number of aliphatic hydroxyl groups excluding tert-OH is 1. The number of urea groups is 1. The van der Waals surface area contributed by atoms with E-state index in [-0.39, 0.29) is 0 Å². The zero-order valence-corrected chi connectivity index (χ0v) is 9.85. The molecule has 1 rings (SSSR count). The van der Waals surface area contributed by atoms with Gasteiger partial charge < -0.3 is 15.5 Å². The first-order valence-electron chi connectivity index (χ1n) is 5.73. The van der Waals surface area contributed by atoms with Gasteiger partial charge in [-0.05, 0) is 19.8 Å². The van der Waals surface area contributed by atoms with E-state index in [1.54, 1.807) is 5.01 Å². The molecule has 1 aliphatic heterocycles. The molecule has 17 heavy (non-hydrogen) atoms. The van der Waals surface area contributed by atoms with Gasteiger partial charge >= 0.3 is 12.0 Å². The number of carboxylic acids is 1. The standard InChI is InChI=1S/C10H19N3O4/c1-7(14)8(9(15)16)11-10(17)12-13-5-3-2-4-6-13/h7-8,14H,2-6H2,1H3,(H,15,16)(H2,11,12,17)/t7-,8+/m1/s1. The van der Waals surface area contributed by atoms with Crippen molar-refractivity contribution in [2.75, 3.05) is 13.1 Å². The van der Waals surface area contributed by atoms with Gasteiger partial charge in [-0.3, -0.25) is 5.43 Å². The number of rotatable bonds is 4. The molecule has 0 radical (unpaired) electrons. The molecule has 1 fully saturated rings. The fourth-order valence-electron chi connectivity index (χ4n) is 1.71. The number of piperidine rings is 1. The molecule has 1 heterocycles. The molecule has 2 amide bonds. The maximum Gasteiger partial charge on any atom is 0.330 e. The second kappa shape index (κ2) is 6.41. The van der Waals surface area contributed by atoms with Crippen LogP contribution in [0.3, 0.4) is 0 Å². The van der Waals surface area contributed by atoms with Crippen molar-refractivity contribution in [2.24, 2.45) is 0 Å². The van der Waals surface area contributed by atoms with E-state index in [0.29, 0.717) is 0 Å². The van der Waals surface area contributed by atoms with Gasteiger partial charge in [-0.2, -0.15) is 0 Å². The van der Waals surface area contributed by atoms with Crippen LogP contribution in [0.5, 0.6) is 0 Å². The number of carbonyl (C=O) groups is 2. The molecule has 0 aromatic rings. The van der Waals surface area contributed by atoms with Crippen LogP contribution < -0.4 is 10.7 Å². The van der Waals surface area contributed by atoms with Gasteiger partial charge in [0.05, 0.1) is 6.10 Å². The minimum atomic E-state index is -1.29. The van der Waals surface area contributed by atoms with E-state index in [4.69, 9.17) is 5.11 Å². The van der Waals surface area contributed by atoms with E-state index in [0.717, 1.165) is 32.4 Å². The average molecular weight is 245 g/mol. The summed E-state index contributed by atoms with van der Waals surface area (Å²) in [6.07, 6.45) is 2.03. The summed E-state index contributed by atoms with van der Waals surface area (Å²) < 4.78 is 0. The van der Waals surface area contributed by atoms with Crippen LogP contribution in [-0.2, 0) is 4.79 Å². The zero-order valence-electron chi connectivity index (χ0n) is 9.85. The van der Waals surface area contributed by atoms with E-state index >= 15 is 0 Å². The number of aliphatic hydroxyl groups is 1. The average Bonchev–Trinajstić information content (AvgIpc) is 2.26. The molecule has 0 spiro atoms. The lowest BCUT2D eigenvalue weighted by atomic mass is 10.2. The lowest BCUT2D eigenvalue weighted by Crippen LogP contribution is -2.55. The molecule has 4 N–H and O–H groups in total. The first-order chi connectivity index (χ1) is 8.00. The number of carboxylic acid groups (broad SMARTS) is 1. The van der Waals surface area contributed by atoms with Crippen LogP contribution in [-0.4, -0.2) is 52.5 Å². The Balaban J connectivity index is 2.38. The van der Waals surface area contributed by atoms with Gasteiger partial charge in [-0.25, -0.2) is 14.6 Å². The molecule has 0 aromatic carbocycles. The Morgan fingerprint density at radius 1 is 1.24 bits per heavy atom. The van der Waals surface area contributed by atoms with E-state index in [9.17, 15) is 14.7 Å². The van der Waals surface area contributed by atoms with Crippen LogP contribution in [0.15, 0.2) is 0 Å². The maximum atomic E-state index is 11.5. The zero-order chi connectivity index (χ0) is 12.8. The summed E-state index contributed by atoms with van der Waals surface area (Å²) in [6, 6.07) is -1.89. The fourth-order valence-corrected chi connectivity index (χ4v) is 1.71. The fraction of sp³-hybridized carbons (Fsp3) is 0.800. The van der Waals surface area contributed by atoms with Gasteiger partial charge in [0.1, 0.15) is 0 Å². The first kappa shape index (κ1) is 13.7. The quantitative estimate of drug-likeness (QED) is 0.536. The number of carbonyl (C=O) groups excluding carboxylic acids is 1. The Morgan fingerprint density at radius 2 is 1.82 bits per heavy atom. The summed E-state index contributed by atoms with van der Waals surface area (Å²) in [4.78, 5) is 22.2. The van der Waals surface area contributed by atoms with Gasteiger partial charge in [-0.15, -0.1) is 0 Å². The summed E-state index contributed by atoms with van der Waals surface area (Å²) >= 11 is 0. The third kappa shape index (κ3) is 4.58. The highest BCUT2D eigenvalue weighted by Gasteiger charge is 2.25. The van der Waals surface area contributed by atoms with E-state index in [1.165, 1.54) is 6.92 Å². The molecule has 0 bridgehead atoms. The molecule has 0 aromatic heterocycles. The van der Waals surface area contributed by atoms with Gasteiger partial charge in [-0.1, -0.05) is 6.42 Å². The number of aliphatic carboxylic acids is 1. The van der Waals surface area contributed by atoms with Crippen molar-refractivity contribution < 1.29 is 19.8 Å². The lowest BCUT2D eigenvalue weighted by Gasteiger charge is -2.27. The van der Waals surface area contributed by atoms with Crippen LogP contribution in [0, 0.1) is 0 Å². The molecule has 2 atom stereocenters. The molecule has 98 valence electrons. The Kier molecular flexibility index (Phi) is 5.17. The summed E-state index contributed by atoms with van der Waals surface area (Å²) in [5, 5.41) is 22.0. The second-order valence-corrected chi connectivity index (χ2v) is 4.19. The molecular weight excluding hydrogens is 226 g/mol.